The summed E-state index contributed by atoms with van der Waals surface area (Å²) in [6.45, 7) is 1.79. The SMILES string of the molecule is CN(C)CCCCNC(=O)NCCC(=O)O. The number of nitrogens with one attached hydrogen (secondary N) is 2. The van der Waals surface area contributed by atoms with E-state index < -0.39 is 5.97 Å². The molecule has 16 heavy (non-hydrogen) atoms. The van der Waals surface area contributed by atoms with Crippen molar-refractivity contribution in [3.05, 3.63) is 0 Å². The topological polar surface area (TPSA) is 81.7 Å². The summed E-state index contributed by atoms with van der Waals surface area (Å²) in [6, 6.07) is -0.300. The number of amides is 2. The molecule has 0 aliphatic heterocycles. The van der Waals surface area contributed by atoms with Gasteiger partial charge < -0.3 is 20.6 Å². The van der Waals surface area contributed by atoms with Crippen LogP contribution in [-0.4, -0.2) is 55.7 Å². The molecule has 0 spiro atoms. The molecule has 94 valence electrons. The Balaban J connectivity index is 3.27. The number of hydrogen-bond acceptors (Lipinski definition) is 3. The molecule has 0 fully saturated rings. The van der Waals surface area contributed by atoms with E-state index >= 15 is 0 Å². The van der Waals surface area contributed by atoms with Crippen LogP contribution >= 0.6 is 0 Å². The van der Waals surface area contributed by atoms with Gasteiger partial charge >= 0.3 is 12.0 Å². The summed E-state index contributed by atoms with van der Waals surface area (Å²) >= 11 is 0. The summed E-state index contributed by atoms with van der Waals surface area (Å²) in [5.74, 6) is -0.911. The van der Waals surface area contributed by atoms with Gasteiger partial charge in [-0.3, -0.25) is 4.79 Å². The summed E-state index contributed by atoms with van der Waals surface area (Å²) in [7, 11) is 4.01. The molecule has 0 aliphatic rings. The Labute approximate surface area is 96.0 Å². The summed E-state index contributed by atoms with van der Waals surface area (Å²) in [4.78, 5) is 23.4. The number of urea groups is 1. The molecule has 0 heterocycles. The fourth-order valence-corrected chi connectivity index (χ4v) is 1.10. The maximum Gasteiger partial charge on any atom is 0.314 e. The smallest absolute Gasteiger partial charge is 0.314 e. The van der Waals surface area contributed by atoms with Gasteiger partial charge in [0.2, 0.25) is 0 Å². The lowest BCUT2D eigenvalue weighted by Crippen LogP contribution is -2.37. The van der Waals surface area contributed by atoms with Crippen LogP contribution in [0.5, 0.6) is 0 Å². The van der Waals surface area contributed by atoms with Crippen LogP contribution in [0, 0.1) is 0 Å². The van der Waals surface area contributed by atoms with Crippen molar-refractivity contribution >= 4 is 12.0 Å². The molecule has 0 rings (SSSR count). The van der Waals surface area contributed by atoms with Gasteiger partial charge in [0.15, 0.2) is 0 Å². The lowest BCUT2D eigenvalue weighted by molar-refractivity contribution is -0.136. The number of aliphatic carboxylic acids is 1. The van der Waals surface area contributed by atoms with E-state index in [1.54, 1.807) is 0 Å². The Kier molecular flexibility index (Phi) is 8.24. The minimum absolute atomic E-state index is 0.0476. The lowest BCUT2D eigenvalue weighted by Gasteiger charge is -2.09. The highest BCUT2D eigenvalue weighted by Gasteiger charge is 2.00. The van der Waals surface area contributed by atoms with Crippen molar-refractivity contribution in [3.8, 4) is 0 Å². The third-order valence-electron chi connectivity index (χ3n) is 1.94. The minimum atomic E-state index is -0.911. The van der Waals surface area contributed by atoms with Crippen LogP contribution in [0.3, 0.4) is 0 Å². The number of nitrogens with zero attached hydrogens (tertiary/aromatic N) is 1. The zero-order valence-corrected chi connectivity index (χ0v) is 9.95. The number of hydrogen-bond donors (Lipinski definition) is 3. The molecular formula is C10H21N3O3. The van der Waals surface area contributed by atoms with Crippen molar-refractivity contribution in [1.82, 2.24) is 15.5 Å². The van der Waals surface area contributed by atoms with E-state index in [9.17, 15) is 9.59 Å². The number of carbonyl (C=O) groups excluding carboxylic acids is 1. The number of carboxylic acid groups (broad SMARTS) is 1. The van der Waals surface area contributed by atoms with Gasteiger partial charge in [0.05, 0.1) is 6.42 Å². The van der Waals surface area contributed by atoms with E-state index in [1.807, 2.05) is 14.1 Å². The second kappa shape index (κ2) is 8.96. The van der Waals surface area contributed by atoms with Crippen molar-refractivity contribution in [2.75, 3.05) is 33.7 Å². The Morgan fingerprint density at radius 2 is 1.75 bits per heavy atom. The third kappa shape index (κ3) is 10.8. The van der Waals surface area contributed by atoms with E-state index in [4.69, 9.17) is 5.11 Å². The van der Waals surface area contributed by atoms with Crippen molar-refractivity contribution < 1.29 is 14.7 Å². The quantitative estimate of drug-likeness (QED) is 0.518. The van der Waals surface area contributed by atoms with Gasteiger partial charge in [0.25, 0.3) is 0 Å². The van der Waals surface area contributed by atoms with E-state index in [2.05, 4.69) is 15.5 Å². The first-order valence-electron chi connectivity index (χ1n) is 5.40. The van der Waals surface area contributed by atoms with Crippen LogP contribution in [0.2, 0.25) is 0 Å². The first-order valence-corrected chi connectivity index (χ1v) is 5.40. The maximum atomic E-state index is 11.1. The maximum absolute atomic E-state index is 11.1. The number of carboxylic acids is 1. The molecular weight excluding hydrogens is 210 g/mol. The van der Waals surface area contributed by atoms with Gasteiger partial charge in [-0.25, -0.2) is 4.79 Å². The fraction of sp³-hybridized carbons (Fsp3) is 0.800. The Morgan fingerprint density at radius 3 is 2.31 bits per heavy atom. The normalized spacial score (nSPS) is 10.2. The molecule has 0 radical (unpaired) electrons. The zero-order valence-electron chi connectivity index (χ0n) is 9.95. The average molecular weight is 231 g/mol. The lowest BCUT2D eigenvalue weighted by atomic mass is 10.3. The van der Waals surface area contributed by atoms with Crippen LogP contribution in [0.25, 0.3) is 0 Å². The van der Waals surface area contributed by atoms with Crippen LogP contribution in [0.4, 0.5) is 4.79 Å². The summed E-state index contributed by atoms with van der Waals surface area (Å²) in [5.41, 5.74) is 0. The number of unbranched alkanes of at least 4 members (excludes halogenated alkanes) is 1. The van der Waals surface area contributed by atoms with E-state index in [-0.39, 0.29) is 19.0 Å². The number of rotatable bonds is 8. The molecule has 0 saturated heterocycles. The third-order valence-corrected chi connectivity index (χ3v) is 1.94. The summed E-state index contributed by atoms with van der Waals surface area (Å²) in [5, 5.41) is 13.5. The highest BCUT2D eigenvalue weighted by atomic mass is 16.4. The highest BCUT2D eigenvalue weighted by molar-refractivity contribution is 5.74. The van der Waals surface area contributed by atoms with Crippen LogP contribution < -0.4 is 10.6 Å². The van der Waals surface area contributed by atoms with E-state index in [0.717, 1.165) is 19.4 Å². The minimum Gasteiger partial charge on any atom is -0.481 e. The molecule has 0 bridgehead atoms. The van der Waals surface area contributed by atoms with Crippen molar-refractivity contribution in [2.45, 2.75) is 19.3 Å². The van der Waals surface area contributed by atoms with Crippen molar-refractivity contribution in [2.24, 2.45) is 0 Å². The van der Waals surface area contributed by atoms with E-state index in [1.165, 1.54) is 0 Å². The van der Waals surface area contributed by atoms with Gasteiger partial charge in [-0.1, -0.05) is 0 Å². The molecule has 0 atom stereocenters. The molecule has 0 aromatic heterocycles. The second-order valence-electron chi connectivity index (χ2n) is 3.84. The molecule has 0 aliphatic carbocycles. The van der Waals surface area contributed by atoms with Crippen molar-refractivity contribution in [1.29, 1.82) is 0 Å². The standard InChI is InChI=1S/C10H21N3O3/c1-13(2)8-4-3-6-11-10(16)12-7-5-9(14)15/h3-8H2,1-2H3,(H,14,15)(H2,11,12,16). The van der Waals surface area contributed by atoms with Crippen molar-refractivity contribution in [3.63, 3.8) is 0 Å². The van der Waals surface area contributed by atoms with Gasteiger partial charge in [-0.05, 0) is 33.5 Å². The summed E-state index contributed by atoms with van der Waals surface area (Å²) in [6.07, 6.45) is 1.90. The first-order chi connectivity index (χ1) is 7.52. The second-order valence-corrected chi connectivity index (χ2v) is 3.84. The predicted molar refractivity (Wildman–Crippen MR) is 61.4 cm³/mol. The van der Waals surface area contributed by atoms with Gasteiger partial charge in [0, 0.05) is 13.1 Å². The zero-order chi connectivity index (χ0) is 12.4. The van der Waals surface area contributed by atoms with Gasteiger partial charge in [-0.15, -0.1) is 0 Å². The Hall–Kier alpha value is -1.30. The van der Waals surface area contributed by atoms with Crippen LogP contribution in [0.1, 0.15) is 19.3 Å². The summed E-state index contributed by atoms with van der Waals surface area (Å²) < 4.78 is 0. The first kappa shape index (κ1) is 14.7. The monoisotopic (exact) mass is 231 g/mol. The average Bonchev–Trinajstić information content (AvgIpc) is 2.16. The van der Waals surface area contributed by atoms with E-state index in [0.29, 0.717) is 6.54 Å². The fourth-order valence-electron chi connectivity index (χ4n) is 1.10. The van der Waals surface area contributed by atoms with Crippen LogP contribution in [0.15, 0.2) is 0 Å². The molecule has 0 unspecified atom stereocenters. The van der Waals surface area contributed by atoms with Gasteiger partial charge in [-0.2, -0.15) is 0 Å². The molecule has 0 aromatic carbocycles. The largest absolute Gasteiger partial charge is 0.481 e. The molecule has 6 nitrogen and oxygen atoms in total. The molecule has 0 saturated carbocycles. The number of carbonyl (C=O) groups is 2. The Bertz CT molecular complexity index is 219. The molecule has 0 aromatic rings. The molecule has 3 N–H and O–H groups in total. The van der Waals surface area contributed by atoms with Crippen LogP contribution in [-0.2, 0) is 4.79 Å². The predicted octanol–water partition coefficient (Wildman–Crippen LogP) is 0.102. The molecule has 6 heteroatoms. The Morgan fingerprint density at radius 1 is 1.12 bits per heavy atom. The molecule has 2 amide bonds. The van der Waals surface area contributed by atoms with Gasteiger partial charge in [0.1, 0.15) is 0 Å². The highest BCUT2D eigenvalue weighted by Crippen LogP contribution is 1.88.